The highest BCUT2D eigenvalue weighted by Crippen LogP contribution is 2.30. The number of nitrogens with one attached hydrogen (secondary N) is 1. The molecule has 0 aliphatic carbocycles. The standard InChI is InChI=1S/C21H22N2O2/c1-4-14(2)16-9-11-17(12-10-16)22-20(24)13-23-15(3)18-7-5-6-8-19(18)21(23)25/h5-12,14H,3-4,13H2,1-2H3,(H,22,24). The first-order chi connectivity index (χ1) is 12.0. The van der Waals surface area contributed by atoms with Crippen molar-refractivity contribution in [2.45, 2.75) is 26.2 Å². The fourth-order valence-corrected chi connectivity index (χ4v) is 2.98. The molecule has 0 aromatic heterocycles. The second-order valence-electron chi connectivity index (χ2n) is 6.36. The molecule has 2 amide bonds. The molecule has 1 aliphatic heterocycles. The minimum atomic E-state index is -0.237. The van der Waals surface area contributed by atoms with Crippen molar-refractivity contribution in [2.24, 2.45) is 0 Å². The Bertz CT molecular complexity index is 789. The molecule has 1 unspecified atom stereocenters. The van der Waals surface area contributed by atoms with Crippen molar-refractivity contribution >= 4 is 23.2 Å². The van der Waals surface area contributed by atoms with E-state index < -0.39 is 0 Å². The summed E-state index contributed by atoms with van der Waals surface area (Å²) in [6.45, 7) is 8.24. The molecule has 1 heterocycles. The van der Waals surface area contributed by atoms with Crippen LogP contribution in [0.2, 0.25) is 0 Å². The first-order valence-corrected chi connectivity index (χ1v) is 8.51. The van der Waals surface area contributed by atoms with Crippen LogP contribution in [-0.2, 0) is 4.79 Å². The highest BCUT2D eigenvalue weighted by atomic mass is 16.2. The summed E-state index contributed by atoms with van der Waals surface area (Å²) in [4.78, 5) is 26.2. The molecular formula is C21H22N2O2. The van der Waals surface area contributed by atoms with Gasteiger partial charge in [-0.15, -0.1) is 0 Å². The van der Waals surface area contributed by atoms with Gasteiger partial charge in [0.2, 0.25) is 5.91 Å². The van der Waals surface area contributed by atoms with Crippen LogP contribution in [0.5, 0.6) is 0 Å². The lowest BCUT2D eigenvalue weighted by Gasteiger charge is -2.17. The van der Waals surface area contributed by atoms with Gasteiger partial charge in [-0.05, 0) is 36.1 Å². The maximum Gasteiger partial charge on any atom is 0.259 e. The maximum atomic E-state index is 12.4. The normalized spacial score (nSPS) is 14.4. The smallest absolute Gasteiger partial charge is 0.259 e. The lowest BCUT2D eigenvalue weighted by molar-refractivity contribution is -0.116. The summed E-state index contributed by atoms with van der Waals surface area (Å²) in [5.41, 5.74) is 3.94. The van der Waals surface area contributed by atoms with E-state index in [4.69, 9.17) is 0 Å². The van der Waals surface area contributed by atoms with Gasteiger partial charge in [-0.3, -0.25) is 14.5 Å². The van der Waals surface area contributed by atoms with Gasteiger partial charge in [0, 0.05) is 22.5 Å². The van der Waals surface area contributed by atoms with Crippen LogP contribution in [-0.4, -0.2) is 23.3 Å². The van der Waals surface area contributed by atoms with Gasteiger partial charge in [0.15, 0.2) is 0 Å². The van der Waals surface area contributed by atoms with E-state index in [0.717, 1.165) is 17.7 Å². The molecule has 0 saturated heterocycles. The number of hydrogen-bond acceptors (Lipinski definition) is 2. The summed E-state index contributed by atoms with van der Waals surface area (Å²) < 4.78 is 0. The van der Waals surface area contributed by atoms with E-state index in [-0.39, 0.29) is 18.4 Å². The van der Waals surface area contributed by atoms with Crippen molar-refractivity contribution in [2.75, 3.05) is 11.9 Å². The molecule has 2 aromatic carbocycles. The predicted molar refractivity (Wildman–Crippen MR) is 100 cm³/mol. The van der Waals surface area contributed by atoms with Gasteiger partial charge >= 0.3 is 0 Å². The van der Waals surface area contributed by atoms with E-state index in [2.05, 4.69) is 25.7 Å². The van der Waals surface area contributed by atoms with Gasteiger partial charge in [0.05, 0.1) is 0 Å². The number of nitrogens with zero attached hydrogens (tertiary/aromatic N) is 1. The van der Waals surface area contributed by atoms with E-state index >= 15 is 0 Å². The molecule has 1 aliphatic rings. The van der Waals surface area contributed by atoms with Gasteiger partial charge in [0.1, 0.15) is 6.54 Å². The SMILES string of the molecule is C=C1c2ccccc2C(=O)N1CC(=O)Nc1ccc(C(C)CC)cc1. The van der Waals surface area contributed by atoms with E-state index in [1.807, 2.05) is 42.5 Å². The Morgan fingerprint density at radius 1 is 1.12 bits per heavy atom. The molecule has 25 heavy (non-hydrogen) atoms. The number of anilines is 1. The van der Waals surface area contributed by atoms with Gasteiger partial charge in [-0.1, -0.05) is 50.8 Å². The first-order valence-electron chi connectivity index (χ1n) is 8.51. The first kappa shape index (κ1) is 17.0. The molecule has 1 N–H and O–H groups in total. The van der Waals surface area contributed by atoms with Crippen molar-refractivity contribution < 1.29 is 9.59 Å². The second kappa shape index (κ2) is 6.93. The van der Waals surface area contributed by atoms with Crippen LogP contribution in [0.15, 0.2) is 55.1 Å². The van der Waals surface area contributed by atoms with E-state index in [1.165, 1.54) is 10.5 Å². The minimum absolute atomic E-state index is 0.0422. The molecule has 128 valence electrons. The summed E-state index contributed by atoms with van der Waals surface area (Å²) in [5, 5.41) is 2.85. The highest BCUT2D eigenvalue weighted by molar-refractivity contribution is 6.11. The third-order valence-electron chi connectivity index (χ3n) is 4.72. The second-order valence-corrected chi connectivity index (χ2v) is 6.36. The Kier molecular flexibility index (Phi) is 4.70. The summed E-state index contributed by atoms with van der Waals surface area (Å²) >= 11 is 0. The summed E-state index contributed by atoms with van der Waals surface area (Å²) in [7, 11) is 0. The largest absolute Gasteiger partial charge is 0.325 e. The number of carbonyl (C=O) groups excluding carboxylic acids is 2. The lowest BCUT2D eigenvalue weighted by Crippen LogP contribution is -2.32. The maximum absolute atomic E-state index is 12.4. The molecule has 0 spiro atoms. The van der Waals surface area contributed by atoms with E-state index in [1.54, 1.807) is 6.07 Å². The number of amides is 2. The molecule has 1 atom stereocenters. The quantitative estimate of drug-likeness (QED) is 0.888. The topological polar surface area (TPSA) is 49.4 Å². The van der Waals surface area contributed by atoms with Crippen LogP contribution >= 0.6 is 0 Å². The predicted octanol–water partition coefficient (Wildman–Crippen LogP) is 4.27. The van der Waals surface area contributed by atoms with E-state index in [9.17, 15) is 9.59 Å². The summed E-state index contributed by atoms with van der Waals surface area (Å²) in [5.74, 6) is 0.0789. The molecule has 3 rings (SSSR count). The zero-order valence-electron chi connectivity index (χ0n) is 14.6. The summed E-state index contributed by atoms with van der Waals surface area (Å²) in [6, 6.07) is 15.1. The number of rotatable bonds is 5. The fourth-order valence-electron chi connectivity index (χ4n) is 2.98. The Hall–Kier alpha value is -2.88. The molecule has 4 heteroatoms. The van der Waals surface area contributed by atoms with Gasteiger partial charge in [-0.2, -0.15) is 0 Å². The molecule has 0 saturated carbocycles. The Morgan fingerprint density at radius 2 is 1.76 bits per heavy atom. The van der Waals surface area contributed by atoms with Crippen LogP contribution in [0.1, 0.15) is 47.7 Å². The fraction of sp³-hybridized carbons (Fsp3) is 0.238. The Morgan fingerprint density at radius 3 is 2.36 bits per heavy atom. The monoisotopic (exact) mass is 334 g/mol. The zero-order valence-corrected chi connectivity index (χ0v) is 14.6. The van der Waals surface area contributed by atoms with Gasteiger partial charge < -0.3 is 5.32 Å². The van der Waals surface area contributed by atoms with Crippen LogP contribution in [0, 0.1) is 0 Å². The molecular weight excluding hydrogens is 312 g/mol. The van der Waals surface area contributed by atoms with Crippen molar-refractivity contribution in [3.05, 3.63) is 71.8 Å². The summed E-state index contributed by atoms with van der Waals surface area (Å²) in [6.07, 6.45) is 1.07. The molecule has 4 nitrogen and oxygen atoms in total. The van der Waals surface area contributed by atoms with Crippen LogP contribution in [0.4, 0.5) is 5.69 Å². The molecule has 0 bridgehead atoms. The number of fused-ring (bicyclic) bond motifs is 1. The molecule has 2 aromatic rings. The van der Waals surface area contributed by atoms with E-state index in [0.29, 0.717) is 17.2 Å². The van der Waals surface area contributed by atoms with Crippen LogP contribution in [0.25, 0.3) is 5.70 Å². The van der Waals surface area contributed by atoms with Crippen LogP contribution in [0.3, 0.4) is 0 Å². The number of benzene rings is 2. The van der Waals surface area contributed by atoms with Crippen molar-refractivity contribution in [1.29, 1.82) is 0 Å². The van der Waals surface area contributed by atoms with Crippen molar-refractivity contribution in [1.82, 2.24) is 4.90 Å². The molecule has 0 radical (unpaired) electrons. The van der Waals surface area contributed by atoms with Gasteiger partial charge in [-0.25, -0.2) is 0 Å². The van der Waals surface area contributed by atoms with Gasteiger partial charge in [0.25, 0.3) is 5.91 Å². The lowest BCUT2D eigenvalue weighted by atomic mass is 9.99. The third-order valence-corrected chi connectivity index (χ3v) is 4.72. The van der Waals surface area contributed by atoms with Crippen molar-refractivity contribution in [3.63, 3.8) is 0 Å². The zero-order chi connectivity index (χ0) is 18.0. The van der Waals surface area contributed by atoms with Crippen LogP contribution < -0.4 is 5.32 Å². The average molecular weight is 334 g/mol. The number of hydrogen-bond donors (Lipinski definition) is 1. The molecule has 0 fully saturated rings. The Balaban J connectivity index is 1.66. The highest BCUT2D eigenvalue weighted by Gasteiger charge is 2.31. The van der Waals surface area contributed by atoms with Crippen molar-refractivity contribution in [3.8, 4) is 0 Å². The minimum Gasteiger partial charge on any atom is -0.325 e. The third kappa shape index (κ3) is 3.33. The number of carbonyl (C=O) groups is 2. The average Bonchev–Trinajstić information content (AvgIpc) is 2.87. The Labute approximate surface area is 148 Å².